The second kappa shape index (κ2) is 3.33. The lowest BCUT2D eigenvalue weighted by molar-refractivity contribution is 1.13. The molecule has 1 aromatic rings. The molecule has 0 saturated heterocycles. The van der Waals surface area contributed by atoms with E-state index in [1.54, 1.807) is 12.1 Å². The van der Waals surface area contributed by atoms with Crippen molar-refractivity contribution in [2.45, 2.75) is 0 Å². The number of nitrogens with zero attached hydrogens (tertiary/aromatic N) is 1. The maximum atomic E-state index is 5.88. The fourth-order valence-electron chi connectivity index (χ4n) is 0.850. The van der Waals surface area contributed by atoms with Gasteiger partial charge in [0.1, 0.15) is 0 Å². The molecule has 0 bridgehead atoms. The first-order chi connectivity index (χ1) is 5.13. The zero-order valence-electron chi connectivity index (χ0n) is 6.36. The number of rotatable bonds is 1. The summed E-state index contributed by atoms with van der Waals surface area (Å²) in [5.74, 6) is 0. The molecular formula is C8H8Cl2N. The van der Waals surface area contributed by atoms with Gasteiger partial charge in [0.05, 0.1) is 15.7 Å². The van der Waals surface area contributed by atoms with E-state index in [4.69, 9.17) is 23.2 Å². The molecular weight excluding hydrogens is 181 g/mol. The first-order valence-electron chi connectivity index (χ1n) is 3.16. The van der Waals surface area contributed by atoms with Crippen molar-refractivity contribution >= 4 is 28.9 Å². The van der Waals surface area contributed by atoms with Crippen LogP contribution in [0.5, 0.6) is 0 Å². The van der Waals surface area contributed by atoms with Gasteiger partial charge in [0, 0.05) is 20.2 Å². The SMILES string of the molecule is CN(C)c1c(Cl)[c]ccc1Cl. The molecule has 59 valence electrons. The van der Waals surface area contributed by atoms with Crippen LogP contribution >= 0.6 is 23.2 Å². The van der Waals surface area contributed by atoms with Crippen LogP contribution in [0.3, 0.4) is 0 Å². The summed E-state index contributed by atoms with van der Waals surface area (Å²) in [5, 5.41) is 1.21. The normalized spacial score (nSPS) is 9.82. The molecule has 0 unspecified atom stereocenters. The molecule has 1 aromatic carbocycles. The van der Waals surface area contributed by atoms with Gasteiger partial charge >= 0.3 is 0 Å². The number of hydrogen-bond donors (Lipinski definition) is 0. The molecule has 0 amide bonds. The largest absolute Gasteiger partial charge is 0.375 e. The number of anilines is 1. The first kappa shape index (κ1) is 8.69. The van der Waals surface area contributed by atoms with Crippen LogP contribution in [0, 0.1) is 6.07 Å². The van der Waals surface area contributed by atoms with Gasteiger partial charge in [-0.1, -0.05) is 29.3 Å². The van der Waals surface area contributed by atoms with Crippen LogP contribution in [0.25, 0.3) is 0 Å². The summed E-state index contributed by atoms with van der Waals surface area (Å²) in [5.41, 5.74) is 0.816. The molecule has 1 rings (SSSR count). The van der Waals surface area contributed by atoms with Crippen LogP contribution in [-0.4, -0.2) is 14.1 Å². The Labute approximate surface area is 76.5 Å². The molecule has 0 spiro atoms. The highest BCUT2D eigenvalue weighted by Crippen LogP contribution is 2.31. The van der Waals surface area contributed by atoms with Crippen molar-refractivity contribution < 1.29 is 0 Å². The summed E-state index contributed by atoms with van der Waals surface area (Å²) in [6, 6.07) is 6.33. The zero-order chi connectivity index (χ0) is 8.43. The molecule has 1 nitrogen and oxygen atoms in total. The molecule has 0 aliphatic carbocycles. The summed E-state index contributed by atoms with van der Waals surface area (Å²) in [6.45, 7) is 0. The van der Waals surface area contributed by atoms with Crippen molar-refractivity contribution in [2.24, 2.45) is 0 Å². The Balaban J connectivity index is 3.21. The molecule has 0 heterocycles. The highest BCUT2D eigenvalue weighted by atomic mass is 35.5. The highest BCUT2D eigenvalue weighted by molar-refractivity contribution is 6.39. The van der Waals surface area contributed by atoms with Crippen molar-refractivity contribution in [3.8, 4) is 0 Å². The van der Waals surface area contributed by atoms with Crippen LogP contribution in [0.15, 0.2) is 12.1 Å². The van der Waals surface area contributed by atoms with Crippen LogP contribution < -0.4 is 4.90 Å². The number of benzene rings is 1. The zero-order valence-corrected chi connectivity index (χ0v) is 7.87. The first-order valence-corrected chi connectivity index (χ1v) is 3.91. The Bertz CT molecular complexity index is 238. The van der Waals surface area contributed by atoms with Gasteiger partial charge in [-0.05, 0) is 6.07 Å². The minimum absolute atomic E-state index is 0.558. The Morgan fingerprint density at radius 3 is 2.36 bits per heavy atom. The van der Waals surface area contributed by atoms with Crippen molar-refractivity contribution in [3.63, 3.8) is 0 Å². The fourth-order valence-corrected chi connectivity index (χ4v) is 1.56. The second-order valence-corrected chi connectivity index (χ2v) is 3.17. The molecule has 1 radical (unpaired) electrons. The summed E-state index contributed by atoms with van der Waals surface area (Å²) in [6.07, 6.45) is 0. The monoisotopic (exact) mass is 188 g/mol. The Kier molecular flexibility index (Phi) is 2.63. The van der Waals surface area contributed by atoms with E-state index in [0.717, 1.165) is 5.69 Å². The quantitative estimate of drug-likeness (QED) is 0.656. The van der Waals surface area contributed by atoms with E-state index < -0.39 is 0 Å². The van der Waals surface area contributed by atoms with Gasteiger partial charge in [-0.2, -0.15) is 0 Å². The minimum atomic E-state index is 0.558. The third kappa shape index (κ3) is 1.79. The lowest BCUT2D eigenvalue weighted by Gasteiger charge is -2.15. The van der Waals surface area contributed by atoms with Crippen LogP contribution in [0.1, 0.15) is 0 Å². The van der Waals surface area contributed by atoms with Crippen molar-refractivity contribution in [2.75, 3.05) is 19.0 Å². The maximum Gasteiger partial charge on any atom is 0.0746 e. The van der Waals surface area contributed by atoms with E-state index in [2.05, 4.69) is 6.07 Å². The topological polar surface area (TPSA) is 3.24 Å². The van der Waals surface area contributed by atoms with Gasteiger partial charge < -0.3 is 4.90 Å². The average molecular weight is 189 g/mol. The number of halogens is 2. The van der Waals surface area contributed by atoms with E-state index >= 15 is 0 Å². The number of hydrogen-bond acceptors (Lipinski definition) is 1. The summed E-state index contributed by atoms with van der Waals surface area (Å²) < 4.78 is 0. The van der Waals surface area contributed by atoms with E-state index in [1.807, 2.05) is 19.0 Å². The van der Waals surface area contributed by atoms with Crippen molar-refractivity contribution in [3.05, 3.63) is 28.2 Å². The molecule has 0 N–H and O–H groups in total. The second-order valence-electron chi connectivity index (χ2n) is 2.38. The highest BCUT2D eigenvalue weighted by Gasteiger charge is 2.05. The van der Waals surface area contributed by atoms with Crippen LogP contribution in [0.2, 0.25) is 10.0 Å². The molecule has 0 atom stereocenters. The molecule has 0 aliphatic heterocycles. The van der Waals surface area contributed by atoms with Gasteiger partial charge in [-0.25, -0.2) is 0 Å². The predicted molar refractivity (Wildman–Crippen MR) is 49.6 cm³/mol. The predicted octanol–water partition coefficient (Wildman–Crippen LogP) is 2.86. The Hall–Kier alpha value is -0.400. The van der Waals surface area contributed by atoms with Crippen LogP contribution in [0.4, 0.5) is 5.69 Å². The smallest absolute Gasteiger partial charge is 0.0746 e. The van der Waals surface area contributed by atoms with Gasteiger partial charge in [-0.3, -0.25) is 0 Å². The van der Waals surface area contributed by atoms with E-state index in [-0.39, 0.29) is 0 Å². The van der Waals surface area contributed by atoms with Crippen molar-refractivity contribution in [1.29, 1.82) is 0 Å². The van der Waals surface area contributed by atoms with E-state index in [0.29, 0.717) is 10.0 Å². The average Bonchev–Trinajstić information content (AvgIpc) is 1.85. The van der Waals surface area contributed by atoms with Gasteiger partial charge in [0.15, 0.2) is 0 Å². The van der Waals surface area contributed by atoms with Gasteiger partial charge in [0.2, 0.25) is 0 Å². The van der Waals surface area contributed by atoms with Gasteiger partial charge in [-0.15, -0.1) is 0 Å². The van der Waals surface area contributed by atoms with E-state index in [9.17, 15) is 0 Å². The lowest BCUT2D eigenvalue weighted by Crippen LogP contribution is -2.09. The molecule has 0 aliphatic rings. The van der Waals surface area contributed by atoms with Crippen molar-refractivity contribution in [1.82, 2.24) is 0 Å². The molecule has 0 saturated carbocycles. The molecule has 0 aromatic heterocycles. The van der Waals surface area contributed by atoms with E-state index in [1.165, 1.54) is 0 Å². The van der Waals surface area contributed by atoms with Crippen LogP contribution in [-0.2, 0) is 0 Å². The van der Waals surface area contributed by atoms with Gasteiger partial charge in [0.25, 0.3) is 0 Å². The third-order valence-corrected chi connectivity index (χ3v) is 1.91. The summed E-state index contributed by atoms with van der Waals surface area (Å²) >= 11 is 11.7. The third-order valence-electron chi connectivity index (χ3n) is 1.32. The summed E-state index contributed by atoms with van der Waals surface area (Å²) in [7, 11) is 3.78. The maximum absolute atomic E-state index is 5.88. The summed E-state index contributed by atoms with van der Waals surface area (Å²) in [4.78, 5) is 1.86. The standard InChI is InChI=1S/C8H8Cl2N/c1-11(2)8-6(9)4-3-5-7(8)10/h3-4H,1-2H3. The fraction of sp³-hybridized carbons (Fsp3) is 0.250. The molecule has 11 heavy (non-hydrogen) atoms. The molecule has 3 heteroatoms. The Morgan fingerprint density at radius 1 is 1.36 bits per heavy atom. The Morgan fingerprint density at radius 2 is 2.00 bits per heavy atom. The molecule has 0 fully saturated rings. The minimum Gasteiger partial charge on any atom is -0.375 e. The lowest BCUT2D eigenvalue weighted by atomic mass is 10.3.